The van der Waals surface area contributed by atoms with E-state index in [9.17, 15) is 41.0 Å². The fourth-order valence-corrected chi connectivity index (χ4v) is 2.12. The fourth-order valence-electron chi connectivity index (χ4n) is 2.12. The zero-order valence-electron chi connectivity index (χ0n) is 16.9. The van der Waals surface area contributed by atoms with Crippen molar-refractivity contribution in [2.75, 3.05) is 6.54 Å². The van der Waals surface area contributed by atoms with E-state index in [0.29, 0.717) is 0 Å². The SMILES string of the molecule is NCCC(=O)N[C@@H](Cc1c[nH]c2ccccc12)C(=O)O.O=C(O)C(F)(F)F.O=C(O)C(F)(F)F. The summed E-state index contributed by atoms with van der Waals surface area (Å²) in [5, 5.41) is 26.9. The summed E-state index contributed by atoms with van der Waals surface area (Å²) in [7, 11) is 0. The molecule has 1 amide bonds. The number of amides is 1. The third-order valence-corrected chi connectivity index (χ3v) is 3.59. The molecule has 0 bridgehead atoms. The standard InChI is InChI=1S/C14H17N3O3.2C2HF3O2/c15-6-5-13(18)17-12(14(19)20)7-9-8-16-11-4-2-1-3-10(9)11;2*3-2(4,5)1(6)7/h1-4,8,12,16H,5-7,15H2,(H,17,18)(H,19,20);2*(H,6,7)/t12-;;/m0../s1. The van der Waals surface area contributed by atoms with Crippen LogP contribution in [0.3, 0.4) is 0 Å². The van der Waals surface area contributed by atoms with Crippen LogP contribution >= 0.6 is 0 Å². The Labute approximate surface area is 186 Å². The summed E-state index contributed by atoms with van der Waals surface area (Å²) in [4.78, 5) is 43.6. The van der Waals surface area contributed by atoms with Gasteiger partial charge in [0, 0.05) is 36.5 Å². The van der Waals surface area contributed by atoms with Crippen molar-refractivity contribution in [3.8, 4) is 0 Å². The number of rotatable bonds is 6. The number of aliphatic carboxylic acids is 3. The number of nitrogens with two attached hydrogens (primary N) is 1. The maximum atomic E-state index is 11.5. The lowest BCUT2D eigenvalue weighted by Crippen LogP contribution is -2.42. The van der Waals surface area contributed by atoms with Crippen molar-refractivity contribution >= 4 is 34.7 Å². The average Bonchev–Trinajstić information content (AvgIpc) is 3.10. The van der Waals surface area contributed by atoms with Crippen LogP contribution in [0.2, 0.25) is 0 Å². The number of fused-ring (bicyclic) bond motifs is 1. The van der Waals surface area contributed by atoms with E-state index < -0.39 is 36.3 Å². The van der Waals surface area contributed by atoms with Gasteiger partial charge < -0.3 is 31.4 Å². The number of hydrogen-bond donors (Lipinski definition) is 6. The quantitative estimate of drug-likeness (QED) is 0.323. The molecule has 34 heavy (non-hydrogen) atoms. The molecule has 190 valence electrons. The van der Waals surface area contributed by atoms with Crippen LogP contribution < -0.4 is 11.1 Å². The minimum absolute atomic E-state index is 0.123. The summed E-state index contributed by atoms with van der Waals surface area (Å²) in [6.07, 6.45) is -8.04. The molecule has 7 N–H and O–H groups in total. The number of carbonyl (C=O) groups excluding carboxylic acids is 1. The van der Waals surface area contributed by atoms with Gasteiger partial charge in [-0.05, 0) is 11.6 Å². The highest BCUT2D eigenvalue weighted by molar-refractivity contribution is 5.86. The van der Waals surface area contributed by atoms with E-state index in [4.69, 9.17) is 25.5 Å². The molecular weight excluding hydrogens is 484 g/mol. The van der Waals surface area contributed by atoms with E-state index in [1.807, 2.05) is 24.3 Å². The van der Waals surface area contributed by atoms with Gasteiger partial charge in [0.2, 0.25) is 5.91 Å². The Morgan fingerprint density at radius 3 is 1.82 bits per heavy atom. The van der Waals surface area contributed by atoms with E-state index in [1.54, 1.807) is 6.20 Å². The Hall–Kier alpha value is -3.82. The molecule has 1 aromatic heterocycles. The summed E-state index contributed by atoms with van der Waals surface area (Å²) in [6, 6.07) is 6.68. The highest BCUT2D eigenvalue weighted by atomic mass is 19.4. The third-order valence-electron chi connectivity index (χ3n) is 3.59. The second-order valence-electron chi connectivity index (χ2n) is 6.17. The Kier molecular flexibility index (Phi) is 11.6. The maximum Gasteiger partial charge on any atom is 0.490 e. The van der Waals surface area contributed by atoms with Gasteiger partial charge in [-0.2, -0.15) is 26.3 Å². The number of para-hydroxylation sites is 1. The van der Waals surface area contributed by atoms with Gasteiger partial charge in [0.1, 0.15) is 6.04 Å². The van der Waals surface area contributed by atoms with E-state index in [2.05, 4.69) is 10.3 Å². The van der Waals surface area contributed by atoms with Crippen LogP contribution in [0.5, 0.6) is 0 Å². The molecule has 0 aliphatic carbocycles. The van der Waals surface area contributed by atoms with Gasteiger partial charge >= 0.3 is 30.3 Å². The van der Waals surface area contributed by atoms with Crippen LogP contribution in [0.1, 0.15) is 12.0 Å². The van der Waals surface area contributed by atoms with Crippen molar-refractivity contribution in [3.05, 3.63) is 36.0 Å². The van der Waals surface area contributed by atoms with Crippen molar-refractivity contribution in [2.45, 2.75) is 31.2 Å². The minimum Gasteiger partial charge on any atom is -0.480 e. The average molecular weight is 503 g/mol. The van der Waals surface area contributed by atoms with Gasteiger partial charge in [-0.1, -0.05) is 18.2 Å². The monoisotopic (exact) mass is 503 g/mol. The number of carboxylic acids is 3. The maximum absolute atomic E-state index is 11.5. The highest BCUT2D eigenvalue weighted by Gasteiger charge is 2.38. The van der Waals surface area contributed by atoms with Gasteiger partial charge in [-0.15, -0.1) is 0 Å². The first kappa shape index (κ1) is 30.2. The zero-order chi connectivity index (χ0) is 26.7. The summed E-state index contributed by atoms with van der Waals surface area (Å²) < 4.78 is 63.5. The van der Waals surface area contributed by atoms with Crippen LogP contribution in [0.4, 0.5) is 26.3 Å². The van der Waals surface area contributed by atoms with E-state index in [0.717, 1.165) is 16.5 Å². The number of hydrogen-bond acceptors (Lipinski definition) is 5. The van der Waals surface area contributed by atoms with Gasteiger partial charge in [0.25, 0.3) is 0 Å². The number of H-pyrrole nitrogens is 1. The van der Waals surface area contributed by atoms with Crippen LogP contribution in [0.15, 0.2) is 30.5 Å². The van der Waals surface area contributed by atoms with Crippen LogP contribution in [0, 0.1) is 0 Å². The first-order valence-corrected chi connectivity index (χ1v) is 8.88. The first-order chi connectivity index (χ1) is 15.5. The highest BCUT2D eigenvalue weighted by Crippen LogP contribution is 2.19. The molecule has 0 saturated carbocycles. The molecule has 16 heteroatoms. The van der Waals surface area contributed by atoms with E-state index in [1.165, 1.54) is 0 Å². The largest absolute Gasteiger partial charge is 0.490 e. The topological polar surface area (TPSA) is 183 Å². The normalized spacial score (nSPS) is 11.9. The fraction of sp³-hybridized carbons (Fsp3) is 0.333. The molecule has 0 fully saturated rings. The Balaban J connectivity index is 0.000000642. The third kappa shape index (κ3) is 11.2. The van der Waals surface area contributed by atoms with Gasteiger partial charge in [-0.3, -0.25) is 4.79 Å². The lowest BCUT2D eigenvalue weighted by molar-refractivity contribution is -0.193. The molecular formula is C18H19F6N3O7. The van der Waals surface area contributed by atoms with Crippen LogP contribution in [0.25, 0.3) is 10.9 Å². The molecule has 0 spiro atoms. The van der Waals surface area contributed by atoms with Gasteiger partial charge in [0.15, 0.2) is 0 Å². The number of benzene rings is 1. The smallest absolute Gasteiger partial charge is 0.480 e. The lowest BCUT2D eigenvalue weighted by atomic mass is 10.0. The molecule has 1 heterocycles. The Bertz CT molecular complexity index is 964. The van der Waals surface area contributed by atoms with Crippen molar-refractivity contribution in [2.24, 2.45) is 5.73 Å². The molecule has 0 radical (unpaired) electrons. The van der Waals surface area contributed by atoms with Crippen molar-refractivity contribution in [1.29, 1.82) is 0 Å². The number of carbonyl (C=O) groups is 4. The van der Waals surface area contributed by atoms with E-state index in [-0.39, 0.29) is 25.3 Å². The minimum atomic E-state index is -5.08. The molecule has 1 aromatic carbocycles. The zero-order valence-corrected chi connectivity index (χ0v) is 16.9. The summed E-state index contributed by atoms with van der Waals surface area (Å²) in [6.45, 7) is 0.200. The predicted octanol–water partition coefficient (Wildman–Crippen LogP) is 1.90. The molecule has 0 saturated heterocycles. The van der Waals surface area contributed by atoms with Gasteiger partial charge in [-0.25, -0.2) is 14.4 Å². The number of halogens is 6. The predicted molar refractivity (Wildman–Crippen MR) is 103 cm³/mol. The van der Waals surface area contributed by atoms with E-state index >= 15 is 0 Å². The molecule has 0 unspecified atom stereocenters. The number of alkyl halides is 6. The number of aromatic nitrogens is 1. The summed E-state index contributed by atoms with van der Waals surface area (Å²) >= 11 is 0. The Morgan fingerprint density at radius 1 is 0.941 bits per heavy atom. The van der Waals surface area contributed by atoms with Gasteiger partial charge in [0.05, 0.1) is 0 Å². The van der Waals surface area contributed by atoms with Crippen LogP contribution in [-0.4, -0.2) is 69.1 Å². The number of carboxylic acid groups (broad SMARTS) is 3. The second-order valence-corrected chi connectivity index (χ2v) is 6.17. The first-order valence-electron chi connectivity index (χ1n) is 8.88. The van der Waals surface area contributed by atoms with Crippen LogP contribution in [-0.2, 0) is 25.6 Å². The van der Waals surface area contributed by atoms with Crippen molar-refractivity contribution in [3.63, 3.8) is 0 Å². The second kappa shape index (κ2) is 13.0. The molecule has 0 aliphatic heterocycles. The number of nitrogens with one attached hydrogen (secondary N) is 2. The molecule has 2 rings (SSSR count). The number of aromatic amines is 1. The van der Waals surface area contributed by atoms with Crippen molar-refractivity contribution in [1.82, 2.24) is 10.3 Å². The summed E-state index contributed by atoms with van der Waals surface area (Å²) in [5.41, 5.74) is 7.08. The molecule has 2 aromatic rings. The van der Waals surface area contributed by atoms with Crippen molar-refractivity contribution < 1.29 is 60.8 Å². The lowest BCUT2D eigenvalue weighted by Gasteiger charge is -2.13. The molecule has 0 aliphatic rings. The molecule has 10 nitrogen and oxygen atoms in total. The molecule has 1 atom stereocenters. The Morgan fingerprint density at radius 2 is 1.41 bits per heavy atom. The summed E-state index contributed by atoms with van der Waals surface area (Å²) in [5.74, 6) is -6.92.